The maximum absolute atomic E-state index is 4.63. The highest BCUT2D eigenvalue weighted by molar-refractivity contribution is 5.79. The Kier molecular flexibility index (Phi) is 5.43. The van der Waals surface area contributed by atoms with Gasteiger partial charge < -0.3 is 0 Å². The average molecular weight is 307 g/mol. The molecule has 0 spiro atoms. The topological polar surface area (TPSA) is 18.8 Å². The molecule has 0 saturated carbocycles. The van der Waals surface area contributed by atoms with Crippen LogP contribution >= 0.6 is 0 Å². The molecule has 0 bridgehead atoms. The van der Waals surface area contributed by atoms with Gasteiger partial charge in [0.15, 0.2) is 0 Å². The van der Waals surface area contributed by atoms with E-state index in [9.17, 15) is 0 Å². The zero-order valence-corrected chi connectivity index (χ0v) is 13.9. The molecule has 0 amide bonds. The minimum absolute atomic E-state index is 0.996. The molecule has 0 atom stereocenters. The van der Waals surface area contributed by atoms with Crippen molar-refractivity contribution in [2.45, 2.75) is 19.9 Å². The van der Waals surface area contributed by atoms with Crippen LogP contribution in [0.15, 0.2) is 59.7 Å². The monoisotopic (exact) mass is 307 g/mol. The third-order valence-corrected chi connectivity index (χ3v) is 4.36. The van der Waals surface area contributed by atoms with Gasteiger partial charge in [0.05, 0.1) is 6.21 Å². The predicted molar refractivity (Wildman–Crippen MR) is 96.7 cm³/mol. The van der Waals surface area contributed by atoms with E-state index in [1.807, 2.05) is 6.21 Å². The van der Waals surface area contributed by atoms with E-state index in [-0.39, 0.29) is 0 Å². The maximum Gasteiger partial charge on any atom is 0.0542 e. The van der Waals surface area contributed by atoms with E-state index in [0.29, 0.717) is 0 Å². The number of aryl methyl sites for hydroxylation is 1. The van der Waals surface area contributed by atoms with Crippen molar-refractivity contribution in [3.63, 3.8) is 0 Å². The van der Waals surface area contributed by atoms with E-state index >= 15 is 0 Å². The van der Waals surface area contributed by atoms with Crippen molar-refractivity contribution in [3.05, 3.63) is 71.3 Å². The van der Waals surface area contributed by atoms with Gasteiger partial charge in [0, 0.05) is 32.7 Å². The van der Waals surface area contributed by atoms with Crippen molar-refractivity contribution < 1.29 is 0 Å². The van der Waals surface area contributed by atoms with Crippen LogP contribution in [0.5, 0.6) is 0 Å². The Balaban J connectivity index is 1.47. The fourth-order valence-electron chi connectivity index (χ4n) is 2.84. The van der Waals surface area contributed by atoms with E-state index in [1.165, 1.54) is 16.7 Å². The molecule has 0 N–H and O–H groups in total. The molecular weight excluding hydrogens is 282 g/mol. The standard InChI is InChI=1S/C20H25N3/c1-2-18-8-10-19(11-9-18)16-21-23-14-12-22(13-15-23)17-20-6-4-3-5-7-20/h3-11,16H,2,12-15,17H2,1H3. The Morgan fingerprint density at radius 1 is 0.870 bits per heavy atom. The number of piperazine rings is 1. The summed E-state index contributed by atoms with van der Waals surface area (Å²) in [7, 11) is 0. The van der Waals surface area contributed by atoms with E-state index < -0.39 is 0 Å². The van der Waals surface area contributed by atoms with Gasteiger partial charge in [0.1, 0.15) is 0 Å². The van der Waals surface area contributed by atoms with Crippen molar-refractivity contribution >= 4 is 6.21 Å². The highest BCUT2D eigenvalue weighted by Gasteiger charge is 2.15. The zero-order chi connectivity index (χ0) is 15.9. The lowest BCUT2D eigenvalue weighted by atomic mass is 10.1. The van der Waals surface area contributed by atoms with Crippen molar-refractivity contribution in [1.29, 1.82) is 0 Å². The molecule has 0 radical (unpaired) electrons. The summed E-state index contributed by atoms with van der Waals surface area (Å²) in [5.41, 5.74) is 3.94. The third kappa shape index (κ3) is 4.67. The van der Waals surface area contributed by atoms with Crippen LogP contribution in [0.3, 0.4) is 0 Å². The number of hydrogen-bond donors (Lipinski definition) is 0. The molecule has 2 aromatic rings. The highest BCUT2D eigenvalue weighted by Crippen LogP contribution is 2.09. The number of rotatable bonds is 5. The second kappa shape index (κ2) is 7.93. The zero-order valence-electron chi connectivity index (χ0n) is 13.9. The molecule has 0 unspecified atom stereocenters. The number of hydrazone groups is 1. The number of nitrogens with zero attached hydrogens (tertiary/aromatic N) is 3. The van der Waals surface area contributed by atoms with Crippen LogP contribution in [0.25, 0.3) is 0 Å². The van der Waals surface area contributed by atoms with Crippen molar-refractivity contribution in [3.8, 4) is 0 Å². The van der Waals surface area contributed by atoms with Gasteiger partial charge in [0.2, 0.25) is 0 Å². The molecule has 2 aromatic carbocycles. The molecule has 1 aliphatic rings. The van der Waals surface area contributed by atoms with Crippen LogP contribution in [0.2, 0.25) is 0 Å². The predicted octanol–water partition coefficient (Wildman–Crippen LogP) is 3.40. The summed E-state index contributed by atoms with van der Waals surface area (Å²) in [4.78, 5) is 2.50. The maximum atomic E-state index is 4.63. The fourth-order valence-corrected chi connectivity index (χ4v) is 2.84. The largest absolute Gasteiger partial charge is 0.295 e. The molecular formula is C20H25N3. The first kappa shape index (κ1) is 15.8. The van der Waals surface area contributed by atoms with Gasteiger partial charge in [-0.25, -0.2) is 0 Å². The Morgan fingerprint density at radius 2 is 1.57 bits per heavy atom. The van der Waals surface area contributed by atoms with Gasteiger partial charge in [0.25, 0.3) is 0 Å². The van der Waals surface area contributed by atoms with Gasteiger partial charge in [-0.3, -0.25) is 9.91 Å². The molecule has 1 aliphatic heterocycles. The smallest absolute Gasteiger partial charge is 0.0542 e. The first-order valence-corrected chi connectivity index (χ1v) is 8.47. The van der Waals surface area contributed by atoms with Gasteiger partial charge in [-0.15, -0.1) is 0 Å². The van der Waals surface area contributed by atoms with Crippen molar-refractivity contribution in [2.24, 2.45) is 5.10 Å². The summed E-state index contributed by atoms with van der Waals surface area (Å²) >= 11 is 0. The van der Waals surface area contributed by atoms with Gasteiger partial charge in [-0.2, -0.15) is 5.10 Å². The van der Waals surface area contributed by atoms with E-state index in [0.717, 1.165) is 39.1 Å². The van der Waals surface area contributed by atoms with Gasteiger partial charge in [-0.05, 0) is 23.1 Å². The fraction of sp³-hybridized carbons (Fsp3) is 0.350. The Morgan fingerprint density at radius 3 is 2.22 bits per heavy atom. The Labute approximate surface area is 139 Å². The lowest BCUT2D eigenvalue weighted by Gasteiger charge is -2.33. The molecule has 120 valence electrons. The molecule has 0 aliphatic carbocycles. The molecule has 1 saturated heterocycles. The van der Waals surface area contributed by atoms with Crippen LogP contribution in [0, 0.1) is 0 Å². The second-order valence-electron chi connectivity index (χ2n) is 6.06. The molecule has 1 fully saturated rings. The number of hydrogen-bond acceptors (Lipinski definition) is 3. The first-order valence-electron chi connectivity index (χ1n) is 8.47. The van der Waals surface area contributed by atoms with Crippen LogP contribution in [0.4, 0.5) is 0 Å². The normalized spacial score (nSPS) is 16.1. The van der Waals surface area contributed by atoms with Crippen LogP contribution in [-0.4, -0.2) is 42.3 Å². The van der Waals surface area contributed by atoms with Crippen LogP contribution < -0.4 is 0 Å². The lowest BCUT2D eigenvalue weighted by molar-refractivity contribution is 0.131. The van der Waals surface area contributed by atoms with E-state index in [4.69, 9.17) is 0 Å². The average Bonchev–Trinajstić information content (AvgIpc) is 2.62. The minimum Gasteiger partial charge on any atom is -0.295 e. The lowest BCUT2D eigenvalue weighted by Crippen LogP contribution is -2.43. The van der Waals surface area contributed by atoms with Crippen LogP contribution in [0.1, 0.15) is 23.6 Å². The van der Waals surface area contributed by atoms with Gasteiger partial charge in [-0.1, -0.05) is 61.5 Å². The van der Waals surface area contributed by atoms with Crippen LogP contribution in [-0.2, 0) is 13.0 Å². The Bertz CT molecular complexity index is 611. The summed E-state index contributed by atoms with van der Waals surface area (Å²) in [6, 6.07) is 19.3. The molecule has 3 rings (SSSR count). The summed E-state index contributed by atoms with van der Waals surface area (Å²) in [6.07, 6.45) is 3.06. The molecule has 3 nitrogen and oxygen atoms in total. The SMILES string of the molecule is CCc1ccc(C=NN2CCN(Cc3ccccc3)CC2)cc1. The summed E-state index contributed by atoms with van der Waals surface area (Å²) in [5.74, 6) is 0. The summed E-state index contributed by atoms with van der Waals surface area (Å²) in [6.45, 7) is 7.35. The molecule has 1 heterocycles. The quantitative estimate of drug-likeness (QED) is 0.788. The summed E-state index contributed by atoms with van der Waals surface area (Å²) in [5, 5.41) is 6.81. The molecule has 0 aromatic heterocycles. The van der Waals surface area contributed by atoms with E-state index in [2.05, 4.69) is 76.5 Å². The molecule has 3 heteroatoms. The van der Waals surface area contributed by atoms with Crippen molar-refractivity contribution in [1.82, 2.24) is 9.91 Å². The Hall–Kier alpha value is -2.13. The highest BCUT2D eigenvalue weighted by atomic mass is 15.5. The third-order valence-electron chi connectivity index (χ3n) is 4.36. The second-order valence-corrected chi connectivity index (χ2v) is 6.06. The van der Waals surface area contributed by atoms with Gasteiger partial charge >= 0.3 is 0 Å². The number of benzene rings is 2. The van der Waals surface area contributed by atoms with E-state index in [1.54, 1.807) is 0 Å². The first-order chi connectivity index (χ1) is 11.3. The molecule has 23 heavy (non-hydrogen) atoms. The van der Waals surface area contributed by atoms with Crippen molar-refractivity contribution in [2.75, 3.05) is 26.2 Å². The summed E-state index contributed by atoms with van der Waals surface area (Å²) < 4.78 is 0. The minimum atomic E-state index is 0.996.